The molecule has 0 aliphatic heterocycles. The van der Waals surface area contributed by atoms with Gasteiger partial charge in [-0.25, -0.2) is 0 Å². The molecular weight excluding hydrogens is 298 g/mol. The van der Waals surface area contributed by atoms with Crippen molar-refractivity contribution in [2.45, 2.75) is 13.0 Å². The Morgan fingerprint density at radius 2 is 1.89 bits per heavy atom. The Morgan fingerprint density at radius 1 is 1.28 bits per heavy atom. The molecule has 1 atom stereocenters. The van der Waals surface area contributed by atoms with Gasteiger partial charge in [-0.2, -0.15) is 0 Å². The number of carbonyl (C=O) groups is 2. The Morgan fingerprint density at radius 3 is 2.44 bits per heavy atom. The lowest BCUT2D eigenvalue weighted by Gasteiger charge is -2.14. The van der Waals surface area contributed by atoms with Gasteiger partial charge in [0.05, 0.1) is 19.1 Å². The van der Waals surface area contributed by atoms with E-state index in [9.17, 15) is 9.59 Å². The summed E-state index contributed by atoms with van der Waals surface area (Å²) in [5.41, 5.74) is 6.11. The van der Waals surface area contributed by atoms with Gasteiger partial charge >= 0.3 is 0 Å². The number of hydrogen-bond donors (Lipinski definition) is 3. The first-order valence-corrected chi connectivity index (χ1v) is 6.34. The molecule has 1 aromatic rings. The summed E-state index contributed by atoms with van der Waals surface area (Å²) >= 11 is 3.35. The molecule has 0 fully saturated rings. The summed E-state index contributed by atoms with van der Waals surface area (Å²) in [6, 6.07) is 7.56. The number of nitrogens with two attached hydrogens (primary N) is 1. The number of halogens is 1. The predicted octanol–water partition coefficient (Wildman–Crippen LogP) is 0.701. The molecule has 0 heterocycles. The fourth-order valence-corrected chi connectivity index (χ4v) is 1.64. The van der Waals surface area contributed by atoms with Gasteiger partial charge in [-0.15, -0.1) is 0 Å². The second-order valence-corrected chi connectivity index (χ2v) is 4.74. The van der Waals surface area contributed by atoms with Gasteiger partial charge in [0.1, 0.15) is 0 Å². The van der Waals surface area contributed by atoms with Crippen LogP contribution >= 0.6 is 15.9 Å². The van der Waals surface area contributed by atoms with Gasteiger partial charge in [0.25, 0.3) is 0 Å². The first-order chi connectivity index (χ1) is 8.52. The molecule has 2 amide bonds. The maximum atomic E-state index is 11.5. The Bertz CT molecular complexity index is 420. The summed E-state index contributed by atoms with van der Waals surface area (Å²) < 4.78 is 0.986. The van der Waals surface area contributed by atoms with Crippen LogP contribution in [0.4, 0.5) is 0 Å². The van der Waals surface area contributed by atoms with Crippen molar-refractivity contribution >= 4 is 27.7 Å². The summed E-state index contributed by atoms with van der Waals surface area (Å²) in [7, 11) is 0. The second-order valence-electron chi connectivity index (χ2n) is 3.82. The topological polar surface area (TPSA) is 84.2 Å². The van der Waals surface area contributed by atoms with Gasteiger partial charge in [-0.05, 0) is 24.6 Å². The van der Waals surface area contributed by atoms with Gasteiger partial charge in [-0.3, -0.25) is 9.59 Å². The molecule has 1 aromatic carbocycles. The molecule has 0 aliphatic rings. The van der Waals surface area contributed by atoms with Crippen LogP contribution in [0.2, 0.25) is 0 Å². The molecule has 0 saturated heterocycles. The number of rotatable bonds is 5. The zero-order chi connectivity index (χ0) is 13.5. The minimum Gasteiger partial charge on any atom is -0.348 e. The van der Waals surface area contributed by atoms with Crippen molar-refractivity contribution in [1.29, 1.82) is 0 Å². The first kappa shape index (κ1) is 14.7. The number of benzene rings is 1. The van der Waals surface area contributed by atoms with E-state index >= 15 is 0 Å². The van der Waals surface area contributed by atoms with E-state index in [0.717, 1.165) is 10.0 Å². The molecule has 6 heteroatoms. The van der Waals surface area contributed by atoms with Crippen LogP contribution in [-0.2, 0) is 9.59 Å². The van der Waals surface area contributed by atoms with Crippen LogP contribution in [0, 0.1) is 0 Å². The minimum atomic E-state index is -0.346. The largest absolute Gasteiger partial charge is 0.348 e. The molecule has 0 bridgehead atoms. The molecule has 0 radical (unpaired) electrons. The molecule has 18 heavy (non-hydrogen) atoms. The van der Waals surface area contributed by atoms with Crippen molar-refractivity contribution in [3.05, 3.63) is 34.3 Å². The average Bonchev–Trinajstić information content (AvgIpc) is 2.36. The van der Waals surface area contributed by atoms with E-state index < -0.39 is 0 Å². The molecule has 0 spiro atoms. The van der Waals surface area contributed by atoms with Gasteiger partial charge in [0.2, 0.25) is 11.8 Å². The smallest absolute Gasteiger partial charge is 0.239 e. The zero-order valence-electron chi connectivity index (χ0n) is 10.1. The standard InChI is InChI=1S/C12H16BrN3O2/c1-8(9-2-4-10(13)5-3-9)16-12(18)7-15-11(17)6-14/h2-5,8H,6-7,14H2,1H3,(H,15,17)(H,16,18). The molecule has 4 N–H and O–H groups in total. The van der Waals surface area contributed by atoms with Crippen LogP contribution in [0.3, 0.4) is 0 Å². The highest BCUT2D eigenvalue weighted by Gasteiger charge is 2.09. The van der Waals surface area contributed by atoms with Crippen molar-refractivity contribution in [2.75, 3.05) is 13.1 Å². The number of nitrogens with one attached hydrogen (secondary N) is 2. The summed E-state index contributed by atoms with van der Waals surface area (Å²) in [6.45, 7) is 1.71. The Labute approximate surface area is 114 Å². The lowest BCUT2D eigenvalue weighted by Crippen LogP contribution is -2.40. The number of amides is 2. The molecular formula is C12H16BrN3O2. The third-order valence-electron chi connectivity index (χ3n) is 2.38. The first-order valence-electron chi connectivity index (χ1n) is 5.54. The lowest BCUT2D eigenvalue weighted by molar-refractivity contribution is -0.125. The highest BCUT2D eigenvalue weighted by molar-refractivity contribution is 9.10. The maximum Gasteiger partial charge on any atom is 0.239 e. The highest BCUT2D eigenvalue weighted by Crippen LogP contribution is 2.16. The van der Waals surface area contributed by atoms with E-state index in [1.807, 2.05) is 31.2 Å². The molecule has 0 aromatic heterocycles. The van der Waals surface area contributed by atoms with Gasteiger partial charge < -0.3 is 16.4 Å². The highest BCUT2D eigenvalue weighted by atomic mass is 79.9. The molecule has 98 valence electrons. The third kappa shape index (κ3) is 4.85. The van der Waals surface area contributed by atoms with E-state index in [1.54, 1.807) is 0 Å². The van der Waals surface area contributed by atoms with Crippen LogP contribution in [0.1, 0.15) is 18.5 Å². The van der Waals surface area contributed by atoms with E-state index in [4.69, 9.17) is 5.73 Å². The second kappa shape index (κ2) is 7.13. The summed E-state index contributed by atoms with van der Waals surface area (Å²) in [5, 5.41) is 5.20. The zero-order valence-corrected chi connectivity index (χ0v) is 11.7. The normalized spacial score (nSPS) is 11.7. The summed E-state index contributed by atoms with van der Waals surface area (Å²) in [6.07, 6.45) is 0. The van der Waals surface area contributed by atoms with Crippen LogP contribution in [0.25, 0.3) is 0 Å². The monoisotopic (exact) mass is 313 g/mol. The summed E-state index contributed by atoms with van der Waals surface area (Å²) in [4.78, 5) is 22.4. The molecule has 1 unspecified atom stereocenters. The van der Waals surface area contributed by atoms with Crippen LogP contribution < -0.4 is 16.4 Å². The Balaban J connectivity index is 2.44. The molecule has 0 aliphatic carbocycles. The van der Waals surface area contributed by atoms with Gasteiger partial charge in [-0.1, -0.05) is 28.1 Å². The lowest BCUT2D eigenvalue weighted by atomic mass is 10.1. The van der Waals surface area contributed by atoms with Gasteiger partial charge in [0, 0.05) is 4.47 Å². The van der Waals surface area contributed by atoms with Gasteiger partial charge in [0.15, 0.2) is 0 Å². The van der Waals surface area contributed by atoms with Crippen LogP contribution in [-0.4, -0.2) is 24.9 Å². The van der Waals surface area contributed by atoms with Crippen molar-refractivity contribution in [2.24, 2.45) is 5.73 Å². The van der Waals surface area contributed by atoms with E-state index in [1.165, 1.54) is 0 Å². The number of carbonyl (C=O) groups excluding carboxylic acids is 2. The Kier molecular flexibility index (Phi) is 5.80. The molecule has 1 rings (SSSR count). The van der Waals surface area contributed by atoms with E-state index in [2.05, 4.69) is 26.6 Å². The fraction of sp³-hybridized carbons (Fsp3) is 0.333. The molecule has 5 nitrogen and oxygen atoms in total. The minimum absolute atomic E-state index is 0.0586. The Hall–Kier alpha value is -1.40. The van der Waals surface area contributed by atoms with Crippen molar-refractivity contribution in [3.63, 3.8) is 0 Å². The molecule has 0 saturated carbocycles. The van der Waals surface area contributed by atoms with Crippen molar-refractivity contribution in [1.82, 2.24) is 10.6 Å². The predicted molar refractivity (Wildman–Crippen MR) is 72.8 cm³/mol. The van der Waals surface area contributed by atoms with Crippen LogP contribution in [0.15, 0.2) is 28.7 Å². The van der Waals surface area contributed by atoms with Crippen molar-refractivity contribution in [3.8, 4) is 0 Å². The van der Waals surface area contributed by atoms with Crippen LogP contribution in [0.5, 0.6) is 0 Å². The number of hydrogen-bond acceptors (Lipinski definition) is 3. The average molecular weight is 314 g/mol. The summed E-state index contributed by atoms with van der Waals surface area (Å²) in [5.74, 6) is -0.589. The van der Waals surface area contributed by atoms with Crippen molar-refractivity contribution < 1.29 is 9.59 Å². The fourth-order valence-electron chi connectivity index (χ4n) is 1.38. The van der Waals surface area contributed by atoms with E-state index in [-0.39, 0.29) is 30.9 Å². The van der Waals surface area contributed by atoms with E-state index in [0.29, 0.717) is 0 Å². The quantitative estimate of drug-likeness (QED) is 0.748. The third-order valence-corrected chi connectivity index (χ3v) is 2.91. The maximum absolute atomic E-state index is 11.5. The SMILES string of the molecule is CC(NC(=O)CNC(=O)CN)c1ccc(Br)cc1.